The van der Waals surface area contributed by atoms with Crippen LogP contribution in [0.25, 0.3) is 0 Å². The molecule has 1 aliphatic carbocycles. The molecule has 0 radical (unpaired) electrons. The highest BCUT2D eigenvalue weighted by Crippen LogP contribution is 2.32. The Morgan fingerprint density at radius 1 is 1.44 bits per heavy atom. The van der Waals surface area contributed by atoms with Crippen LogP contribution in [0.4, 0.5) is 0 Å². The van der Waals surface area contributed by atoms with E-state index in [1.165, 1.54) is 30.6 Å². The molecule has 2 N–H and O–H groups in total. The molecule has 2 unspecified atom stereocenters. The van der Waals surface area contributed by atoms with Gasteiger partial charge in [-0.05, 0) is 44.2 Å². The van der Waals surface area contributed by atoms with Crippen LogP contribution in [0.5, 0.6) is 0 Å². The number of aliphatic hydroxyl groups excluding tert-OH is 1. The monoisotopic (exact) mass is 269 g/mol. The molecule has 0 fully saturated rings. The number of aryl methyl sites for hydroxylation is 2. The maximum Gasteiger partial charge on any atom is 0.0897 e. The molecule has 2 rings (SSSR count). The zero-order chi connectivity index (χ0) is 13.0. The maximum absolute atomic E-state index is 9.62. The third-order valence-corrected chi connectivity index (χ3v) is 4.88. The highest BCUT2D eigenvalue weighted by molar-refractivity contribution is 7.12. The van der Waals surface area contributed by atoms with E-state index in [1.807, 2.05) is 11.3 Å². The van der Waals surface area contributed by atoms with Gasteiger partial charge in [0.1, 0.15) is 0 Å². The first-order chi connectivity index (χ1) is 8.70. The van der Waals surface area contributed by atoms with Crippen LogP contribution in [0.3, 0.4) is 0 Å². The molecule has 1 heterocycles. The van der Waals surface area contributed by atoms with E-state index in [0.29, 0.717) is 19.2 Å². The van der Waals surface area contributed by atoms with Gasteiger partial charge >= 0.3 is 0 Å². The van der Waals surface area contributed by atoms with E-state index in [9.17, 15) is 5.11 Å². The van der Waals surface area contributed by atoms with E-state index in [2.05, 4.69) is 18.3 Å². The van der Waals surface area contributed by atoms with Crippen molar-refractivity contribution in [2.75, 3.05) is 20.3 Å². The average molecular weight is 269 g/mol. The van der Waals surface area contributed by atoms with Gasteiger partial charge in [0, 0.05) is 29.5 Å². The van der Waals surface area contributed by atoms with Crippen molar-refractivity contribution in [2.24, 2.45) is 0 Å². The van der Waals surface area contributed by atoms with E-state index in [-0.39, 0.29) is 0 Å². The van der Waals surface area contributed by atoms with E-state index in [0.717, 1.165) is 0 Å². The highest BCUT2D eigenvalue weighted by Gasteiger charge is 2.16. The van der Waals surface area contributed by atoms with Gasteiger partial charge in [-0.1, -0.05) is 0 Å². The summed E-state index contributed by atoms with van der Waals surface area (Å²) in [7, 11) is 1.61. The summed E-state index contributed by atoms with van der Waals surface area (Å²) in [5.41, 5.74) is 1.55. The Kier molecular flexibility index (Phi) is 5.18. The molecule has 1 aromatic heterocycles. The highest BCUT2D eigenvalue weighted by atomic mass is 32.1. The van der Waals surface area contributed by atoms with Gasteiger partial charge < -0.3 is 15.2 Å². The summed E-state index contributed by atoms with van der Waals surface area (Å²) in [5.74, 6) is 0. The molecule has 102 valence electrons. The molecule has 0 bridgehead atoms. The van der Waals surface area contributed by atoms with Crippen LogP contribution >= 0.6 is 11.3 Å². The minimum Gasteiger partial charge on any atom is -0.389 e. The van der Waals surface area contributed by atoms with Gasteiger partial charge in [0.25, 0.3) is 0 Å². The van der Waals surface area contributed by atoms with Crippen molar-refractivity contribution in [3.63, 3.8) is 0 Å². The predicted octanol–water partition coefficient (Wildman–Crippen LogP) is 2.28. The summed E-state index contributed by atoms with van der Waals surface area (Å²) in [5, 5.41) is 13.0. The number of rotatable bonds is 6. The van der Waals surface area contributed by atoms with Crippen LogP contribution < -0.4 is 5.32 Å². The minimum absolute atomic E-state index is 0.312. The first-order valence-corrected chi connectivity index (χ1v) is 7.54. The fraction of sp³-hybridized carbons (Fsp3) is 0.714. The summed E-state index contributed by atoms with van der Waals surface area (Å²) in [4.78, 5) is 2.97. The Balaban J connectivity index is 1.88. The van der Waals surface area contributed by atoms with E-state index in [1.54, 1.807) is 17.6 Å². The van der Waals surface area contributed by atoms with Crippen molar-refractivity contribution in [1.29, 1.82) is 0 Å². The summed E-state index contributed by atoms with van der Waals surface area (Å²) in [6.07, 6.45) is 4.73. The normalized spacial score (nSPS) is 18.4. The fourth-order valence-electron chi connectivity index (χ4n) is 2.39. The SMILES string of the molecule is COCC(O)CNC(C)c1cc2c(s1)CCCC2. The Labute approximate surface area is 113 Å². The van der Waals surface area contributed by atoms with Crippen molar-refractivity contribution < 1.29 is 9.84 Å². The molecule has 0 aliphatic heterocycles. The molecule has 18 heavy (non-hydrogen) atoms. The van der Waals surface area contributed by atoms with Crippen LogP contribution in [-0.4, -0.2) is 31.5 Å². The van der Waals surface area contributed by atoms with E-state index in [4.69, 9.17) is 4.74 Å². The van der Waals surface area contributed by atoms with Gasteiger partial charge in [-0.25, -0.2) is 0 Å². The molecule has 1 aliphatic rings. The van der Waals surface area contributed by atoms with Crippen LogP contribution in [0.1, 0.15) is 41.1 Å². The largest absolute Gasteiger partial charge is 0.389 e. The number of methoxy groups -OCH3 is 1. The number of thiophene rings is 1. The van der Waals surface area contributed by atoms with Gasteiger partial charge in [-0.15, -0.1) is 11.3 Å². The second kappa shape index (κ2) is 6.66. The first kappa shape index (κ1) is 14.0. The van der Waals surface area contributed by atoms with Gasteiger partial charge in [-0.3, -0.25) is 0 Å². The minimum atomic E-state index is -0.424. The van der Waals surface area contributed by atoms with Crippen LogP contribution in [0.15, 0.2) is 6.07 Å². The lowest BCUT2D eigenvalue weighted by molar-refractivity contribution is 0.0631. The van der Waals surface area contributed by atoms with Gasteiger partial charge in [-0.2, -0.15) is 0 Å². The van der Waals surface area contributed by atoms with Gasteiger partial charge in [0.05, 0.1) is 12.7 Å². The van der Waals surface area contributed by atoms with Crippen LogP contribution in [0, 0.1) is 0 Å². The second-order valence-electron chi connectivity index (χ2n) is 5.04. The lowest BCUT2D eigenvalue weighted by Crippen LogP contribution is -2.31. The molecule has 0 saturated carbocycles. The zero-order valence-corrected chi connectivity index (χ0v) is 12.1. The fourth-order valence-corrected chi connectivity index (χ4v) is 3.68. The van der Waals surface area contributed by atoms with Crippen molar-refractivity contribution in [3.05, 3.63) is 21.4 Å². The zero-order valence-electron chi connectivity index (χ0n) is 11.2. The molecule has 1 aromatic rings. The molecule has 0 amide bonds. The predicted molar refractivity (Wildman–Crippen MR) is 75.3 cm³/mol. The van der Waals surface area contributed by atoms with Gasteiger partial charge in [0.15, 0.2) is 0 Å². The summed E-state index contributed by atoms with van der Waals surface area (Å²) in [6, 6.07) is 2.66. The van der Waals surface area contributed by atoms with Crippen LogP contribution in [0.2, 0.25) is 0 Å². The molecule has 0 saturated heterocycles. The topological polar surface area (TPSA) is 41.5 Å². The summed E-state index contributed by atoms with van der Waals surface area (Å²) < 4.78 is 4.92. The second-order valence-corrected chi connectivity index (χ2v) is 6.21. The van der Waals surface area contributed by atoms with Gasteiger partial charge in [0.2, 0.25) is 0 Å². The molecule has 0 spiro atoms. The molecular formula is C14H23NO2S. The standard InChI is InChI=1S/C14H23NO2S/c1-10(15-8-12(16)9-17-2)14-7-11-5-3-4-6-13(11)18-14/h7,10,12,15-16H,3-6,8-9H2,1-2H3. The first-order valence-electron chi connectivity index (χ1n) is 6.72. The maximum atomic E-state index is 9.62. The van der Waals surface area contributed by atoms with E-state index < -0.39 is 6.10 Å². The summed E-state index contributed by atoms with van der Waals surface area (Å²) in [6.45, 7) is 3.13. The Hall–Kier alpha value is -0.420. The lowest BCUT2D eigenvalue weighted by Gasteiger charge is -2.15. The molecule has 0 aromatic carbocycles. The molecular weight excluding hydrogens is 246 g/mol. The average Bonchev–Trinajstić information content (AvgIpc) is 2.80. The number of hydrogen-bond donors (Lipinski definition) is 2. The smallest absolute Gasteiger partial charge is 0.0897 e. The Bertz CT molecular complexity index is 354. The van der Waals surface area contributed by atoms with Crippen molar-refractivity contribution in [1.82, 2.24) is 5.32 Å². The number of ether oxygens (including phenoxy) is 1. The van der Waals surface area contributed by atoms with Crippen molar-refractivity contribution >= 4 is 11.3 Å². The van der Waals surface area contributed by atoms with E-state index >= 15 is 0 Å². The lowest BCUT2D eigenvalue weighted by atomic mass is 9.99. The number of hydrogen-bond acceptors (Lipinski definition) is 4. The summed E-state index contributed by atoms with van der Waals surface area (Å²) >= 11 is 1.93. The number of nitrogens with one attached hydrogen (secondary N) is 1. The number of fused-ring (bicyclic) bond motifs is 1. The third kappa shape index (κ3) is 3.54. The number of aliphatic hydroxyl groups is 1. The molecule has 4 heteroatoms. The Morgan fingerprint density at radius 2 is 2.22 bits per heavy atom. The van der Waals surface area contributed by atoms with Crippen molar-refractivity contribution in [3.8, 4) is 0 Å². The molecule has 2 atom stereocenters. The quantitative estimate of drug-likeness (QED) is 0.832. The third-order valence-electron chi connectivity index (χ3n) is 3.46. The Morgan fingerprint density at radius 3 is 2.94 bits per heavy atom. The van der Waals surface area contributed by atoms with Crippen LogP contribution in [-0.2, 0) is 17.6 Å². The van der Waals surface area contributed by atoms with Crippen molar-refractivity contribution in [2.45, 2.75) is 44.8 Å². The molecule has 3 nitrogen and oxygen atoms in total.